The van der Waals surface area contributed by atoms with Crippen LogP contribution in [0.15, 0.2) is 18.5 Å². The summed E-state index contributed by atoms with van der Waals surface area (Å²) in [5, 5.41) is 8.81. The maximum atomic E-state index is 10.7. The molecular weight excluding hydrogens is 156 g/mol. The van der Waals surface area contributed by atoms with Gasteiger partial charge in [0.1, 0.15) is 11.2 Å². The average molecular weight is 166 g/mol. The zero-order valence-corrected chi connectivity index (χ0v) is 6.98. The lowest BCUT2D eigenvalue weighted by Crippen LogP contribution is -2.30. The van der Waals surface area contributed by atoms with Gasteiger partial charge in [-0.1, -0.05) is 0 Å². The van der Waals surface area contributed by atoms with Gasteiger partial charge in [0.05, 0.1) is 0 Å². The van der Waals surface area contributed by atoms with E-state index in [0.29, 0.717) is 5.82 Å². The maximum Gasteiger partial charge on any atom is 0.316 e. The van der Waals surface area contributed by atoms with Gasteiger partial charge in [-0.2, -0.15) is 0 Å². The van der Waals surface area contributed by atoms with Gasteiger partial charge in [0, 0.05) is 12.4 Å². The van der Waals surface area contributed by atoms with E-state index < -0.39 is 11.4 Å². The van der Waals surface area contributed by atoms with Gasteiger partial charge in [-0.05, 0) is 19.9 Å². The molecule has 0 amide bonds. The van der Waals surface area contributed by atoms with Crippen LogP contribution < -0.4 is 0 Å². The molecule has 0 bridgehead atoms. The molecule has 0 radical (unpaired) electrons. The summed E-state index contributed by atoms with van der Waals surface area (Å²) in [5.74, 6) is -0.591. The summed E-state index contributed by atoms with van der Waals surface area (Å²) in [6, 6.07) is 1.65. The number of hydrogen-bond donors (Lipinski definition) is 1. The normalized spacial score (nSPS) is 11.2. The zero-order valence-electron chi connectivity index (χ0n) is 6.98. The molecule has 0 spiro atoms. The molecule has 64 valence electrons. The van der Waals surface area contributed by atoms with Crippen molar-refractivity contribution < 1.29 is 9.90 Å². The molecule has 1 aromatic heterocycles. The Labute approximate surface area is 70.3 Å². The lowest BCUT2D eigenvalue weighted by Gasteiger charge is -2.15. The Morgan fingerprint density at radius 1 is 1.42 bits per heavy atom. The number of carboxylic acids is 1. The summed E-state index contributed by atoms with van der Waals surface area (Å²) in [6.07, 6.45) is 3.07. The van der Waals surface area contributed by atoms with Crippen molar-refractivity contribution in [2.75, 3.05) is 0 Å². The molecule has 0 saturated carbocycles. The number of aliphatic carboxylic acids is 1. The Hall–Kier alpha value is -1.45. The van der Waals surface area contributed by atoms with Gasteiger partial charge in [-0.15, -0.1) is 0 Å². The van der Waals surface area contributed by atoms with Crippen molar-refractivity contribution >= 4 is 5.97 Å². The highest BCUT2D eigenvalue weighted by Gasteiger charge is 2.32. The van der Waals surface area contributed by atoms with Crippen LogP contribution in [0.3, 0.4) is 0 Å². The Balaban J connectivity index is 3.06. The smallest absolute Gasteiger partial charge is 0.316 e. The topological polar surface area (TPSA) is 63.1 Å². The molecule has 0 saturated heterocycles. The highest BCUT2D eigenvalue weighted by Crippen LogP contribution is 2.18. The lowest BCUT2D eigenvalue weighted by molar-refractivity contribution is -0.142. The van der Waals surface area contributed by atoms with Gasteiger partial charge >= 0.3 is 5.97 Å². The van der Waals surface area contributed by atoms with E-state index in [9.17, 15) is 4.79 Å². The highest BCUT2D eigenvalue weighted by molar-refractivity contribution is 5.78. The van der Waals surface area contributed by atoms with Gasteiger partial charge < -0.3 is 5.11 Å². The molecule has 12 heavy (non-hydrogen) atoms. The van der Waals surface area contributed by atoms with Crippen molar-refractivity contribution in [2.24, 2.45) is 0 Å². The molecule has 4 nitrogen and oxygen atoms in total. The van der Waals surface area contributed by atoms with Crippen molar-refractivity contribution in [3.05, 3.63) is 24.3 Å². The first kappa shape index (κ1) is 8.64. The molecule has 1 N–H and O–H groups in total. The minimum Gasteiger partial charge on any atom is -0.481 e. The van der Waals surface area contributed by atoms with Crippen molar-refractivity contribution in [1.29, 1.82) is 0 Å². The number of rotatable bonds is 2. The Morgan fingerprint density at radius 2 is 1.92 bits per heavy atom. The first-order valence-corrected chi connectivity index (χ1v) is 3.56. The number of carbonyl (C=O) groups is 1. The van der Waals surface area contributed by atoms with Gasteiger partial charge in [0.2, 0.25) is 0 Å². The largest absolute Gasteiger partial charge is 0.481 e. The van der Waals surface area contributed by atoms with Crippen molar-refractivity contribution in [1.82, 2.24) is 9.97 Å². The van der Waals surface area contributed by atoms with Gasteiger partial charge in [0.25, 0.3) is 0 Å². The predicted molar refractivity (Wildman–Crippen MR) is 42.7 cm³/mol. The third-order valence-corrected chi connectivity index (χ3v) is 1.66. The standard InChI is InChI=1S/C8H10N2O2/c1-8(2,7(11)12)6-9-4-3-5-10-6/h3-5H,1-2H3,(H,11,12). The average Bonchev–Trinajstić information content (AvgIpc) is 2.06. The summed E-state index contributed by atoms with van der Waals surface area (Å²) in [6.45, 7) is 3.15. The van der Waals surface area contributed by atoms with E-state index in [0.717, 1.165) is 0 Å². The van der Waals surface area contributed by atoms with Crippen LogP contribution in [-0.4, -0.2) is 21.0 Å². The van der Waals surface area contributed by atoms with E-state index in [2.05, 4.69) is 9.97 Å². The molecule has 0 aliphatic carbocycles. The van der Waals surface area contributed by atoms with Crippen LogP contribution in [0.2, 0.25) is 0 Å². The first-order chi connectivity index (χ1) is 5.55. The van der Waals surface area contributed by atoms with E-state index in [1.165, 1.54) is 12.4 Å². The fourth-order valence-corrected chi connectivity index (χ4v) is 0.717. The fraction of sp³-hybridized carbons (Fsp3) is 0.375. The highest BCUT2D eigenvalue weighted by atomic mass is 16.4. The van der Waals surface area contributed by atoms with E-state index in [-0.39, 0.29) is 0 Å². The van der Waals surface area contributed by atoms with Crippen LogP contribution in [-0.2, 0) is 10.2 Å². The summed E-state index contributed by atoms with van der Waals surface area (Å²) >= 11 is 0. The molecule has 0 unspecified atom stereocenters. The first-order valence-electron chi connectivity index (χ1n) is 3.56. The van der Waals surface area contributed by atoms with Crippen LogP contribution in [0, 0.1) is 0 Å². The minimum atomic E-state index is -1.01. The molecular formula is C8H10N2O2. The lowest BCUT2D eigenvalue weighted by atomic mass is 9.93. The molecule has 0 atom stereocenters. The van der Waals surface area contributed by atoms with E-state index in [4.69, 9.17) is 5.11 Å². The van der Waals surface area contributed by atoms with Crippen LogP contribution in [0.1, 0.15) is 19.7 Å². The van der Waals surface area contributed by atoms with E-state index in [1.807, 2.05) is 0 Å². The third-order valence-electron chi connectivity index (χ3n) is 1.66. The Bertz CT molecular complexity index is 282. The monoisotopic (exact) mass is 166 g/mol. The number of hydrogen-bond acceptors (Lipinski definition) is 3. The SMILES string of the molecule is CC(C)(C(=O)O)c1ncccn1. The fourth-order valence-electron chi connectivity index (χ4n) is 0.717. The minimum absolute atomic E-state index is 0.331. The molecule has 4 heteroatoms. The van der Waals surface area contributed by atoms with Gasteiger partial charge in [0.15, 0.2) is 0 Å². The summed E-state index contributed by atoms with van der Waals surface area (Å²) in [4.78, 5) is 18.5. The number of carboxylic acid groups (broad SMARTS) is 1. The van der Waals surface area contributed by atoms with Gasteiger partial charge in [-0.25, -0.2) is 9.97 Å². The van der Waals surface area contributed by atoms with Crippen molar-refractivity contribution in [3.8, 4) is 0 Å². The Kier molecular flexibility index (Phi) is 2.08. The molecule has 1 aromatic rings. The molecule has 1 rings (SSSR count). The quantitative estimate of drug-likeness (QED) is 0.707. The van der Waals surface area contributed by atoms with E-state index >= 15 is 0 Å². The van der Waals surface area contributed by atoms with Crippen LogP contribution in [0.5, 0.6) is 0 Å². The number of nitrogens with zero attached hydrogens (tertiary/aromatic N) is 2. The summed E-state index contributed by atoms with van der Waals surface area (Å²) < 4.78 is 0. The van der Waals surface area contributed by atoms with Gasteiger partial charge in [-0.3, -0.25) is 4.79 Å². The van der Waals surface area contributed by atoms with Crippen molar-refractivity contribution in [3.63, 3.8) is 0 Å². The molecule has 0 fully saturated rings. The predicted octanol–water partition coefficient (Wildman–Crippen LogP) is 0.839. The van der Waals surface area contributed by atoms with Crippen LogP contribution >= 0.6 is 0 Å². The summed E-state index contributed by atoms with van der Waals surface area (Å²) in [5.41, 5.74) is -1.01. The molecule has 0 aliphatic rings. The van der Waals surface area contributed by atoms with Crippen LogP contribution in [0.25, 0.3) is 0 Å². The third kappa shape index (κ3) is 1.42. The molecule has 0 aromatic carbocycles. The molecule has 0 aliphatic heterocycles. The zero-order chi connectivity index (χ0) is 9.19. The van der Waals surface area contributed by atoms with Crippen molar-refractivity contribution in [2.45, 2.75) is 19.3 Å². The second-order valence-corrected chi connectivity index (χ2v) is 3.00. The number of aromatic nitrogens is 2. The molecule has 1 heterocycles. The second kappa shape index (κ2) is 2.89. The summed E-state index contributed by atoms with van der Waals surface area (Å²) in [7, 11) is 0. The maximum absolute atomic E-state index is 10.7. The van der Waals surface area contributed by atoms with E-state index in [1.54, 1.807) is 19.9 Å². The second-order valence-electron chi connectivity index (χ2n) is 3.00. The van der Waals surface area contributed by atoms with Crippen LogP contribution in [0.4, 0.5) is 0 Å². The Morgan fingerprint density at radius 3 is 2.33 bits per heavy atom.